The zero-order valence-electron chi connectivity index (χ0n) is 13.1. The Kier molecular flexibility index (Phi) is 5.08. The number of benzene rings is 2. The van der Waals surface area contributed by atoms with Gasteiger partial charge in [0.1, 0.15) is 11.6 Å². The number of hydrogen-bond acceptors (Lipinski definition) is 3. The van der Waals surface area contributed by atoms with Crippen LogP contribution in [0.25, 0.3) is 5.57 Å². The van der Waals surface area contributed by atoms with Crippen molar-refractivity contribution in [1.82, 2.24) is 4.94 Å². The van der Waals surface area contributed by atoms with Crippen LogP contribution in [0.5, 0.6) is 0 Å². The van der Waals surface area contributed by atoms with Crippen LogP contribution in [0.3, 0.4) is 0 Å². The van der Waals surface area contributed by atoms with Gasteiger partial charge in [-0.3, -0.25) is 0 Å². The summed E-state index contributed by atoms with van der Waals surface area (Å²) < 4.78 is 61.9. The van der Waals surface area contributed by atoms with E-state index < -0.39 is 27.6 Å². The van der Waals surface area contributed by atoms with Crippen molar-refractivity contribution in [3.8, 4) is 0 Å². The zero-order valence-corrected chi connectivity index (χ0v) is 14.8. The highest BCUT2D eigenvalue weighted by molar-refractivity contribution is 7.89. The Bertz CT molecular complexity index is 1010. The van der Waals surface area contributed by atoms with Crippen molar-refractivity contribution in [3.05, 3.63) is 83.5 Å². The molecule has 1 unspecified atom stereocenters. The number of allylic oxidation sites excluding steroid dienone is 4. The van der Waals surface area contributed by atoms with E-state index in [1.165, 1.54) is 36.4 Å². The lowest BCUT2D eigenvalue weighted by atomic mass is 9.88. The molecule has 0 aliphatic heterocycles. The fourth-order valence-electron chi connectivity index (χ4n) is 2.67. The van der Waals surface area contributed by atoms with E-state index in [0.717, 1.165) is 11.0 Å². The SMILES string of the molecule is O=S(=O)(NF)c1ccc(C2=CC(=S)C(c3cc(F)cc(F)c3)C=C2)cc1. The number of sulfonamides is 1. The van der Waals surface area contributed by atoms with Crippen LogP contribution in [0, 0.1) is 11.6 Å². The largest absolute Gasteiger partial charge is 0.266 e. The molecule has 134 valence electrons. The number of nitrogens with one attached hydrogen (secondary N) is 1. The van der Waals surface area contributed by atoms with Gasteiger partial charge >= 0.3 is 0 Å². The van der Waals surface area contributed by atoms with Gasteiger partial charge in [0.15, 0.2) is 0 Å². The van der Waals surface area contributed by atoms with Crippen molar-refractivity contribution in [2.75, 3.05) is 0 Å². The van der Waals surface area contributed by atoms with E-state index in [2.05, 4.69) is 0 Å². The van der Waals surface area contributed by atoms with E-state index in [1.807, 2.05) is 0 Å². The van der Waals surface area contributed by atoms with Gasteiger partial charge in [-0.1, -0.05) is 36.5 Å². The maximum atomic E-state index is 13.4. The number of hydrogen-bond donors (Lipinski definition) is 1. The summed E-state index contributed by atoms with van der Waals surface area (Å²) in [5.74, 6) is -1.79. The van der Waals surface area contributed by atoms with E-state index in [-0.39, 0.29) is 4.90 Å². The monoisotopic (exact) mass is 395 g/mol. The van der Waals surface area contributed by atoms with Gasteiger partial charge in [0.05, 0.1) is 4.90 Å². The Morgan fingerprint density at radius 3 is 2.15 bits per heavy atom. The minimum Gasteiger partial charge on any atom is -0.207 e. The van der Waals surface area contributed by atoms with E-state index in [4.69, 9.17) is 12.2 Å². The van der Waals surface area contributed by atoms with Crippen LogP contribution >= 0.6 is 12.2 Å². The second kappa shape index (κ2) is 7.14. The molecule has 0 heterocycles. The molecule has 2 aromatic carbocycles. The Morgan fingerprint density at radius 1 is 1.00 bits per heavy atom. The predicted molar refractivity (Wildman–Crippen MR) is 96.7 cm³/mol. The molecule has 0 aromatic heterocycles. The van der Waals surface area contributed by atoms with Gasteiger partial charge in [0.2, 0.25) is 0 Å². The fraction of sp³-hybridized carbons (Fsp3) is 0.0556. The topological polar surface area (TPSA) is 46.2 Å². The average Bonchev–Trinajstić information content (AvgIpc) is 2.61. The molecule has 1 N–H and O–H groups in total. The van der Waals surface area contributed by atoms with Crippen LogP contribution in [0.15, 0.2) is 65.6 Å². The summed E-state index contributed by atoms with van der Waals surface area (Å²) in [7, 11) is -4.16. The van der Waals surface area contributed by atoms with Crippen LogP contribution < -0.4 is 4.94 Å². The zero-order chi connectivity index (χ0) is 18.9. The Labute approximate surface area is 153 Å². The Balaban J connectivity index is 1.87. The summed E-state index contributed by atoms with van der Waals surface area (Å²) >= 11 is 5.35. The lowest BCUT2D eigenvalue weighted by Gasteiger charge is -2.18. The molecular weight excluding hydrogens is 383 g/mol. The van der Waals surface area contributed by atoms with Crippen LogP contribution in [0.2, 0.25) is 0 Å². The maximum absolute atomic E-state index is 13.4. The maximum Gasteiger partial charge on any atom is 0.266 e. The van der Waals surface area contributed by atoms with Crippen LogP contribution in [0.1, 0.15) is 17.0 Å². The summed E-state index contributed by atoms with van der Waals surface area (Å²) in [6.45, 7) is 0. The van der Waals surface area contributed by atoms with Gasteiger partial charge in [0.25, 0.3) is 10.0 Å². The first-order chi connectivity index (χ1) is 12.3. The van der Waals surface area contributed by atoms with Crippen molar-refractivity contribution >= 4 is 32.7 Å². The smallest absolute Gasteiger partial charge is 0.207 e. The highest BCUT2D eigenvalue weighted by atomic mass is 32.2. The van der Waals surface area contributed by atoms with Crippen LogP contribution in [-0.2, 0) is 10.0 Å². The van der Waals surface area contributed by atoms with Crippen LogP contribution in [0.4, 0.5) is 13.3 Å². The van der Waals surface area contributed by atoms with E-state index in [1.54, 1.807) is 18.2 Å². The quantitative estimate of drug-likeness (QED) is 0.622. The third kappa shape index (κ3) is 3.77. The van der Waals surface area contributed by atoms with E-state index in [9.17, 15) is 21.7 Å². The molecule has 1 aliphatic carbocycles. The molecule has 0 spiro atoms. The molecule has 3 rings (SSSR count). The summed E-state index contributed by atoms with van der Waals surface area (Å²) in [6, 6.07) is 8.82. The lowest BCUT2D eigenvalue weighted by molar-refractivity contribution is 0.425. The summed E-state index contributed by atoms with van der Waals surface area (Å²) in [5, 5.41) is 0. The van der Waals surface area contributed by atoms with E-state index >= 15 is 0 Å². The van der Waals surface area contributed by atoms with Gasteiger partial charge < -0.3 is 0 Å². The Morgan fingerprint density at radius 2 is 1.62 bits per heavy atom. The van der Waals surface area contributed by atoms with Gasteiger partial charge in [-0.05, 0) is 52.0 Å². The van der Waals surface area contributed by atoms with Crippen molar-refractivity contribution < 1.29 is 21.7 Å². The summed E-state index contributed by atoms with van der Waals surface area (Å²) in [4.78, 5) is 1.02. The minimum atomic E-state index is -4.16. The predicted octanol–water partition coefficient (Wildman–Crippen LogP) is 4.23. The molecule has 0 fully saturated rings. The molecule has 3 nitrogen and oxygen atoms in total. The first-order valence-electron chi connectivity index (χ1n) is 7.43. The number of thiocarbonyl (C=S) groups is 1. The molecule has 0 bridgehead atoms. The van der Waals surface area contributed by atoms with Crippen LogP contribution in [-0.4, -0.2) is 13.3 Å². The molecule has 0 radical (unpaired) electrons. The van der Waals surface area contributed by atoms with E-state index in [0.29, 0.717) is 21.6 Å². The second-order valence-corrected chi connectivity index (χ2v) is 7.75. The highest BCUT2D eigenvalue weighted by Crippen LogP contribution is 2.30. The van der Waals surface area contributed by atoms with Gasteiger partial charge in [-0.2, -0.15) is 0 Å². The molecule has 2 aromatic rings. The average molecular weight is 395 g/mol. The molecular formula is C18H12F3NO2S2. The van der Waals surface area contributed by atoms with Crippen molar-refractivity contribution in [2.45, 2.75) is 10.8 Å². The molecule has 0 saturated carbocycles. The molecule has 0 saturated heterocycles. The van der Waals surface area contributed by atoms with Crippen molar-refractivity contribution in [2.24, 2.45) is 0 Å². The molecule has 1 aliphatic rings. The molecule has 0 amide bonds. The second-order valence-electron chi connectivity index (χ2n) is 5.65. The molecule has 8 heteroatoms. The number of halogens is 3. The molecule has 26 heavy (non-hydrogen) atoms. The van der Waals surface area contributed by atoms with Crippen molar-refractivity contribution in [3.63, 3.8) is 0 Å². The lowest BCUT2D eigenvalue weighted by Crippen LogP contribution is -2.14. The van der Waals surface area contributed by atoms with Gasteiger partial charge in [-0.15, -0.1) is 4.48 Å². The highest BCUT2D eigenvalue weighted by Gasteiger charge is 2.19. The van der Waals surface area contributed by atoms with Gasteiger partial charge in [-0.25, -0.2) is 17.2 Å². The third-order valence-electron chi connectivity index (χ3n) is 3.92. The normalized spacial score (nSPS) is 17.3. The standard InChI is InChI=1S/C18H12F3NO2S2/c19-14-7-13(8-15(20)10-14)17-6-3-12(9-18(17)25)11-1-4-16(5-2-11)26(23,24)22-21/h1-10,17,22H. The Hall–Kier alpha value is -2.29. The first-order valence-corrected chi connectivity index (χ1v) is 9.32. The molecule has 1 atom stereocenters. The number of rotatable bonds is 4. The van der Waals surface area contributed by atoms with Gasteiger partial charge in [0, 0.05) is 16.8 Å². The summed E-state index contributed by atoms with van der Waals surface area (Å²) in [5.41, 5.74) is 1.79. The summed E-state index contributed by atoms with van der Waals surface area (Å²) in [6.07, 6.45) is 5.14. The fourth-order valence-corrected chi connectivity index (χ4v) is 3.59. The third-order valence-corrected chi connectivity index (χ3v) is 5.38. The van der Waals surface area contributed by atoms with Crippen molar-refractivity contribution in [1.29, 1.82) is 0 Å². The minimum absolute atomic E-state index is 0.208. The first kappa shape index (κ1) is 18.5.